The molecule has 0 bridgehead atoms. The Morgan fingerprint density at radius 1 is 0.368 bits per heavy atom. The summed E-state index contributed by atoms with van der Waals surface area (Å²) in [7, 11) is 0. The summed E-state index contributed by atoms with van der Waals surface area (Å²) in [6, 6.07) is 44.3. The molecule has 0 aliphatic rings. The number of aromatic nitrogens is 8. The van der Waals surface area contributed by atoms with Gasteiger partial charge in [0.1, 0.15) is 5.82 Å². The van der Waals surface area contributed by atoms with Crippen molar-refractivity contribution in [2.45, 2.75) is 0 Å². The van der Waals surface area contributed by atoms with Crippen LogP contribution < -0.4 is 0 Å². The third kappa shape index (κ3) is 8.36. The fourth-order valence-electron chi connectivity index (χ4n) is 6.14. The molecule has 0 fully saturated rings. The molecule has 11 aromatic rings. The minimum atomic E-state index is 0. The van der Waals surface area contributed by atoms with Crippen LogP contribution in [0.4, 0.5) is 0 Å². The molecule has 11 rings (SSSR count). The Balaban J connectivity index is 0.000000149. The largest absolute Gasteiger partial charge is 0.337 e. The first kappa shape index (κ1) is 37.8. The van der Waals surface area contributed by atoms with Gasteiger partial charge in [-0.05, 0) is 109 Å². The maximum Gasteiger partial charge on any atom is 0.148 e. The Hall–Kier alpha value is -6.15. The van der Waals surface area contributed by atoms with Crippen LogP contribution in [0.5, 0.6) is 0 Å². The Labute approximate surface area is 353 Å². The second-order valence-electron chi connectivity index (χ2n) is 12.3. The minimum Gasteiger partial charge on any atom is -0.337 e. The zero-order chi connectivity index (χ0) is 37.5. The molecule has 0 amide bonds. The SMILES string of the molecule is [Os].c1ccc(-c2ccccn2)nc1.c1ccc(-c2ccccn2)nc1.c1csc(-c2ccc(-c3ccc(-c4nc5c6cccnc6c6ncccc6c5[nH]4)s3)s2)c1. The number of H-pyrrole nitrogens is 1. The van der Waals surface area contributed by atoms with Crippen molar-refractivity contribution in [2.24, 2.45) is 0 Å². The van der Waals surface area contributed by atoms with Crippen LogP contribution in [0.3, 0.4) is 0 Å². The van der Waals surface area contributed by atoms with Gasteiger partial charge in [0.2, 0.25) is 0 Å². The number of pyridine rings is 6. The van der Waals surface area contributed by atoms with Gasteiger partial charge in [0.15, 0.2) is 0 Å². The van der Waals surface area contributed by atoms with Crippen molar-refractivity contribution in [2.75, 3.05) is 0 Å². The molecule has 1 N–H and O–H groups in total. The van der Waals surface area contributed by atoms with E-state index in [0.29, 0.717) is 0 Å². The molecule has 0 aliphatic heterocycles. The summed E-state index contributed by atoms with van der Waals surface area (Å²) in [5.41, 5.74) is 7.40. The number of fused-ring (bicyclic) bond motifs is 6. The Morgan fingerprint density at radius 2 is 0.825 bits per heavy atom. The van der Waals surface area contributed by atoms with Gasteiger partial charge >= 0.3 is 0 Å². The summed E-state index contributed by atoms with van der Waals surface area (Å²) in [5.74, 6) is 0.882. The van der Waals surface area contributed by atoms with E-state index in [4.69, 9.17) is 4.98 Å². The van der Waals surface area contributed by atoms with Crippen molar-refractivity contribution >= 4 is 66.8 Å². The van der Waals surface area contributed by atoms with Crippen LogP contribution in [0.1, 0.15) is 0 Å². The van der Waals surface area contributed by atoms with E-state index in [9.17, 15) is 0 Å². The fourth-order valence-corrected chi connectivity index (χ4v) is 9.02. The molecule has 12 heteroatoms. The van der Waals surface area contributed by atoms with Crippen LogP contribution in [-0.4, -0.2) is 39.9 Å². The monoisotopic (exact) mass is 970 g/mol. The van der Waals surface area contributed by atoms with Crippen molar-refractivity contribution in [3.05, 3.63) is 176 Å². The Bertz CT molecular complexity index is 2750. The molecule has 0 aliphatic carbocycles. The van der Waals surface area contributed by atoms with Gasteiger partial charge < -0.3 is 4.98 Å². The third-order valence-electron chi connectivity index (χ3n) is 8.70. The smallest absolute Gasteiger partial charge is 0.148 e. The number of nitrogens with zero attached hydrogens (tertiary/aromatic N) is 7. The third-order valence-corrected chi connectivity index (χ3v) is 12.1. The zero-order valence-electron chi connectivity index (χ0n) is 30.0. The summed E-state index contributed by atoms with van der Waals surface area (Å²) < 4.78 is 0. The standard InChI is InChI=1S/C25H14N4S3.2C10H8N2.Os/c1-4-14-21(26-11-1)22-15(5-2-12-27-22)24-23(14)28-25(29-24)20-10-9-19(32-20)18-8-7-17(31-18)16-6-3-13-30-16;2*1-3-7-11-9(5-1)10-6-2-4-8-12-10;/h1-13H,(H,28,29);2*1-8H;. The van der Waals surface area contributed by atoms with Crippen LogP contribution >= 0.6 is 34.0 Å². The number of rotatable bonds is 5. The normalized spacial score (nSPS) is 10.7. The first-order valence-electron chi connectivity index (χ1n) is 17.7. The van der Waals surface area contributed by atoms with Crippen LogP contribution in [-0.2, 0) is 19.8 Å². The molecule has 57 heavy (non-hydrogen) atoms. The average Bonchev–Trinajstić information content (AvgIpc) is 4.13. The van der Waals surface area contributed by atoms with E-state index in [0.717, 1.165) is 66.3 Å². The van der Waals surface area contributed by atoms with Crippen molar-refractivity contribution in [1.82, 2.24) is 39.9 Å². The molecular formula is C45H30N8OsS3. The average molecular weight is 969 g/mol. The first-order valence-corrected chi connectivity index (χ1v) is 20.2. The summed E-state index contributed by atoms with van der Waals surface area (Å²) in [5, 5.41) is 4.19. The number of benzene rings is 1. The molecule has 10 aromatic heterocycles. The molecule has 0 saturated heterocycles. The molecule has 8 nitrogen and oxygen atoms in total. The molecule has 0 unspecified atom stereocenters. The van der Waals surface area contributed by atoms with E-state index in [1.165, 1.54) is 19.5 Å². The van der Waals surface area contributed by atoms with E-state index >= 15 is 0 Å². The molecule has 0 radical (unpaired) electrons. The van der Waals surface area contributed by atoms with Crippen molar-refractivity contribution in [3.8, 4) is 53.0 Å². The number of imidazole rings is 1. The Morgan fingerprint density at radius 3 is 1.32 bits per heavy atom. The van der Waals surface area contributed by atoms with Gasteiger partial charge in [-0.3, -0.25) is 29.9 Å². The van der Waals surface area contributed by atoms with Crippen LogP contribution in [0.2, 0.25) is 0 Å². The number of hydrogen-bond acceptors (Lipinski definition) is 10. The molecule has 1 aromatic carbocycles. The second kappa shape index (κ2) is 17.8. The molecule has 10 heterocycles. The molecule has 0 saturated carbocycles. The second-order valence-corrected chi connectivity index (χ2v) is 15.4. The van der Waals surface area contributed by atoms with E-state index in [-0.39, 0.29) is 19.8 Å². The van der Waals surface area contributed by atoms with Crippen molar-refractivity contribution < 1.29 is 19.8 Å². The predicted octanol–water partition coefficient (Wildman–Crippen LogP) is 12.1. The number of thiophene rings is 3. The number of nitrogens with one attached hydrogen (secondary N) is 1. The van der Waals surface area contributed by atoms with Gasteiger partial charge in [-0.2, -0.15) is 0 Å². The van der Waals surface area contributed by atoms with E-state index in [1.54, 1.807) is 47.5 Å². The quantitative estimate of drug-likeness (QED) is 0.171. The van der Waals surface area contributed by atoms with E-state index in [2.05, 4.69) is 88.8 Å². The summed E-state index contributed by atoms with van der Waals surface area (Å²) in [4.78, 5) is 40.8. The summed E-state index contributed by atoms with van der Waals surface area (Å²) in [6.45, 7) is 0. The van der Waals surface area contributed by atoms with E-state index < -0.39 is 0 Å². The maximum atomic E-state index is 5.01. The maximum absolute atomic E-state index is 5.01. The molecule has 276 valence electrons. The van der Waals surface area contributed by atoms with E-state index in [1.807, 2.05) is 109 Å². The minimum absolute atomic E-state index is 0. The zero-order valence-corrected chi connectivity index (χ0v) is 34.9. The van der Waals surface area contributed by atoms with Crippen molar-refractivity contribution in [1.29, 1.82) is 0 Å². The fraction of sp³-hybridized carbons (Fsp3) is 0. The molecule has 0 spiro atoms. The van der Waals surface area contributed by atoms with Gasteiger partial charge in [-0.25, -0.2) is 4.98 Å². The number of hydrogen-bond donors (Lipinski definition) is 1. The summed E-state index contributed by atoms with van der Waals surface area (Å²) >= 11 is 5.38. The van der Waals surface area contributed by atoms with Gasteiger partial charge in [0, 0.05) is 87.3 Å². The van der Waals surface area contributed by atoms with Crippen LogP contribution in [0.15, 0.2) is 176 Å². The van der Waals surface area contributed by atoms with Gasteiger partial charge in [-0.1, -0.05) is 30.3 Å². The Kier molecular flexibility index (Phi) is 11.8. The molecular weight excluding hydrogens is 939 g/mol. The first-order chi connectivity index (χ1) is 27.8. The predicted molar refractivity (Wildman–Crippen MR) is 232 cm³/mol. The topological polar surface area (TPSA) is 106 Å². The molecule has 0 atom stereocenters. The van der Waals surface area contributed by atoms with Gasteiger partial charge in [0.05, 0.1) is 49.7 Å². The van der Waals surface area contributed by atoms with Gasteiger partial charge in [-0.15, -0.1) is 34.0 Å². The van der Waals surface area contributed by atoms with Crippen molar-refractivity contribution in [3.63, 3.8) is 0 Å². The van der Waals surface area contributed by atoms with Gasteiger partial charge in [0.25, 0.3) is 0 Å². The van der Waals surface area contributed by atoms with Crippen LogP contribution in [0.25, 0.3) is 85.8 Å². The number of aromatic amines is 1. The van der Waals surface area contributed by atoms with Crippen LogP contribution in [0, 0.1) is 0 Å². The summed E-state index contributed by atoms with van der Waals surface area (Å²) in [6.07, 6.45) is 10.7.